The topological polar surface area (TPSA) is 54.2 Å². The van der Waals surface area contributed by atoms with Crippen LogP contribution in [0.5, 0.6) is 0 Å². The summed E-state index contributed by atoms with van der Waals surface area (Å²) < 4.78 is 5.41. The van der Waals surface area contributed by atoms with Gasteiger partial charge >= 0.3 is 0 Å². The molecule has 3 rings (SSSR count). The molecule has 106 valence electrons. The number of nitrogens with zero attached hydrogens (tertiary/aromatic N) is 3. The van der Waals surface area contributed by atoms with E-state index in [2.05, 4.69) is 46.3 Å². The van der Waals surface area contributed by atoms with Gasteiger partial charge in [0.15, 0.2) is 5.82 Å². The van der Waals surface area contributed by atoms with E-state index in [1.54, 1.807) is 0 Å². The van der Waals surface area contributed by atoms with Crippen molar-refractivity contribution in [1.29, 1.82) is 0 Å². The summed E-state index contributed by atoms with van der Waals surface area (Å²) in [6.45, 7) is 8.28. The molecular weight excluding hydrogens is 252 g/mol. The molecule has 2 aromatic rings. The second kappa shape index (κ2) is 5.73. The van der Waals surface area contributed by atoms with Crippen molar-refractivity contribution < 1.29 is 4.52 Å². The Kier molecular flexibility index (Phi) is 3.80. The molecule has 1 aromatic heterocycles. The summed E-state index contributed by atoms with van der Waals surface area (Å²) in [5, 5.41) is 7.50. The summed E-state index contributed by atoms with van der Waals surface area (Å²) in [5.41, 5.74) is 2.17. The fourth-order valence-electron chi connectivity index (χ4n) is 2.53. The third-order valence-corrected chi connectivity index (χ3v) is 3.78. The molecule has 1 atom stereocenters. The lowest BCUT2D eigenvalue weighted by Crippen LogP contribution is -2.44. The molecule has 0 unspecified atom stereocenters. The molecule has 1 fully saturated rings. The van der Waals surface area contributed by atoms with Crippen LogP contribution >= 0.6 is 0 Å². The Balaban J connectivity index is 1.79. The van der Waals surface area contributed by atoms with Crippen LogP contribution in [-0.2, 0) is 0 Å². The van der Waals surface area contributed by atoms with Gasteiger partial charge in [0.1, 0.15) is 0 Å². The summed E-state index contributed by atoms with van der Waals surface area (Å²) in [6.07, 6.45) is 0. The van der Waals surface area contributed by atoms with Gasteiger partial charge in [-0.15, -0.1) is 0 Å². The molecule has 2 heterocycles. The van der Waals surface area contributed by atoms with Crippen molar-refractivity contribution in [1.82, 2.24) is 20.4 Å². The van der Waals surface area contributed by atoms with Crippen molar-refractivity contribution in [3.63, 3.8) is 0 Å². The Morgan fingerprint density at radius 2 is 2.10 bits per heavy atom. The van der Waals surface area contributed by atoms with E-state index in [0.29, 0.717) is 5.89 Å². The SMILES string of the molecule is Cc1cccc(-c2nc([C@@H](C)N3CCNCC3)no2)c1. The van der Waals surface area contributed by atoms with Crippen LogP contribution in [0.25, 0.3) is 11.5 Å². The number of aryl methyl sites for hydroxylation is 1. The lowest BCUT2D eigenvalue weighted by molar-refractivity contribution is 0.176. The van der Waals surface area contributed by atoms with Gasteiger partial charge in [-0.3, -0.25) is 4.90 Å². The van der Waals surface area contributed by atoms with Gasteiger partial charge in [0.05, 0.1) is 6.04 Å². The molecule has 0 spiro atoms. The molecule has 0 bridgehead atoms. The minimum Gasteiger partial charge on any atom is -0.334 e. The molecule has 1 N–H and O–H groups in total. The zero-order valence-corrected chi connectivity index (χ0v) is 12.0. The Labute approximate surface area is 119 Å². The summed E-state index contributed by atoms with van der Waals surface area (Å²) in [7, 11) is 0. The first-order valence-electron chi connectivity index (χ1n) is 7.09. The van der Waals surface area contributed by atoms with E-state index in [1.165, 1.54) is 5.56 Å². The van der Waals surface area contributed by atoms with Gasteiger partial charge in [-0.2, -0.15) is 4.98 Å². The van der Waals surface area contributed by atoms with Crippen LogP contribution in [-0.4, -0.2) is 41.2 Å². The smallest absolute Gasteiger partial charge is 0.257 e. The molecule has 1 aromatic carbocycles. The van der Waals surface area contributed by atoms with E-state index >= 15 is 0 Å². The average Bonchev–Trinajstić information content (AvgIpc) is 2.97. The number of nitrogens with one attached hydrogen (secondary N) is 1. The summed E-state index contributed by atoms with van der Waals surface area (Å²) in [5.74, 6) is 1.37. The highest BCUT2D eigenvalue weighted by molar-refractivity contribution is 5.53. The number of rotatable bonds is 3. The van der Waals surface area contributed by atoms with Crippen LogP contribution in [0.15, 0.2) is 28.8 Å². The first kappa shape index (κ1) is 13.3. The quantitative estimate of drug-likeness (QED) is 0.926. The number of aromatic nitrogens is 2. The van der Waals surface area contributed by atoms with Gasteiger partial charge in [0.25, 0.3) is 5.89 Å². The molecule has 20 heavy (non-hydrogen) atoms. The maximum Gasteiger partial charge on any atom is 0.257 e. The first-order valence-corrected chi connectivity index (χ1v) is 7.09. The Hall–Kier alpha value is -1.72. The van der Waals surface area contributed by atoms with Crippen molar-refractivity contribution in [2.45, 2.75) is 19.9 Å². The van der Waals surface area contributed by atoms with E-state index in [4.69, 9.17) is 4.52 Å². The first-order chi connectivity index (χ1) is 9.74. The Morgan fingerprint density at radius 3 is 2.85 bits per heavy atom. The molecule has 0 amide bonds. The maximum atomic E-state index is 5.41. The van der Waals surface area contributed by atoms with Crippen molar-refractivity contribution in [3.05, 3.63) is 35.7 Å². The lowest BCUT2D eigenvalue weighted by Gasteiger charge is -2.30. The van der Waals surface area contributed by atoms with Gasteiger partial charge in [-0.05, 0) is 26.0 Å². The molecule has 0 radical (unpaired) electrons. The van der Waals surface area contributed by atoms with Crippen LogP contribution in [0, 0.1) is 6.92 Å². The standard InChI is InChI=1S/C15H20N4O/c1-11-4-3-5-13(10-11)15-17-14(18-20-15)12(2)19-8-6-16-7-9-19/h3-5,10,12,16H,6-9H2,1-2H3/t12-/m1/s1. The fraction of sp³-hybridized carbons (Fsp3) is 0.467. The van der Waals surface area contributed by atoms with Crippen LogP contribution in [0.4, 0.5) is 0 Å². The van der Waals surface area contributed by atoms with Crippen molar-refractivity contribution in [2.75, 3.05) is 26.2 Å². The molecule has 0 saturated carbocycles. The second-order valence-electron chi connectivity index (χ2n) is 5.29. The normalized spacial score (nSPS) is 18.1. The highest BCUT2D eigenvalue weighted by Crippen LogP contribution is 2.23. The van der Waals surface area contributed by atoms with Gasteiger partial charge in [-0.25, -0.2) is 0 Å². The molecule has 1 aliphatic heterocycles. The number of benzene rings is 1. The van der Waals surface area contributed by atoms with Gasteiger partial charge in [0, 0.05) is 31.7 Å². The lowest BCUT2D eigenvalue weighted by atomic mass is 10.1. The van der Waals surface area contributed by atoms with E-state index < -0.39 is 0 Å². The monoisotopic (exact) mass is 272 g/mol. The predicted molar refractivity (Wildman–Crippen MR) is 77.3 cm³/mol. The van der Waals surface area contributed by atoms with Gasteiger partial charge < -0.3 is 9.84 Å². The Bertz CT molecular complexity index is 575. The van der Waals surface area contributed by atoms with Gasteiger partial charge in [0.2, 0.25) is 0 Å². The van der Waals surface area contributed by atoms with Crippen LogP contribution in [0.1, 0.15) is 24.4 Å². The van der Waals surface area contributed by atoms with Crippen LogP contribution < -0.4 is 5.32 Å². The summed E-state index contributed by atoms with van der Waals surface area (Å²) in [6, 6.07) is 8.32. The van der Waals surface area contributed by atoms with Crippen molar-refractivity contribution in [2.24, 2.45) is 0 Å². The Morgan fingerprint density at radius 1 is 1.30 bits per heavy atom. The van der Waals surface area contributed by atoms with E-state index in [0.717, 1.165) is 37.6 Å². The van der Waals surface area contributed by atoms with Crippen molar-refractivity contribution in [3.8, 4) is 11.5 Å². The summed E-state index contributed by atoms with van der Waals surface area (Å²) >= 11 is 0. The second-order valence-corrected chi connectivity index (χ2v) is 5.29. The zero-order chi connectivity index (χ0) is 13.9. The van der Waals surface area contributed by atoms with Crippen molar-refractivity contribution >= 4 is 0 Å². The fourth-order valence-corrected chi connectivity index (χ4v) is 2.53. The third kappa shape index (κ3) is 2.73. The number of hydrogen-bond donors (Lipinski definition) is 1. The third-order valence-electron chi connectivity index (χ3n) is 3.78. The molecule has 5 heteroatoms. The molecule has 1 aliphatic rings. The number of hydrogen-bond acceptors (Lipinski definition) is 5. The molecule has 1 saturated heterocycles. The minimum absolute atomic E-state index is 0.194. The number of piperazine rings is 1. The van der Waals surface area contributed by atoms with E-state index in [1.807, 2.05) is 12.1 Å². The largest absolute Gasteiger partial charge is 0.334 e. The molecule has 0 aliphatic carbocycles. The zero-order valence-electron chi connectivity index (χ0n) is 12.0. The molecule has 5 nitrogen and oxygen atoms in total. The van der Waals surface area contributed by atoms with Gasteiger partial charge in [-0.1, -0.05) is 22.9 Å². The average molecular weight is 272 g/mol. The highest BCUT2D eigenvalue weighted by atomic mass is 16.5. The molecular formula is C15H20N4O. The van der Waals surface area contributed by atoms with Crippen LogP contribution in [0.3, 0.4) is 0 Å². The van der Waals surface area contributed by atoms with Crippen LogP contribution in [0.2, 0.25) is 0 Å². The van der Waals surface area contributed by atoms with E-state index in [-0.39, 0.29) is 6.04 Å². The summed E-state index contributed by atoms with van der Waals surface area (Å²) in [4.78, 5) is 6.93. The highest BCUT2D eigenvalue weighted by Gasteiger charge is 2.22. The minimum atomic E-state index is 0.194. The van der Waals surface area contributed by atoms with E-state index in [9.17, 15) is 0 Å². The maximum absolute atomic E-state index is 5.41. The predicted octanol–water partition coefficient (Wildman–Crippen LogP) is 2.01.